The molecule has 1 aliphatic carbocycles. The highest BCUT2D eigenvalue weighted by molar-refractivity contribution is 6.30. The summed E-state index contributed by atoms with van der Waals surface area (Å²) in [6, 6.07) is 9.93. The molecule has 0 spiro atoms. The molecule has 9 heteroatoms. The monoisotopic (exact) mass is 509 g/mol. The molecule has 1 fully saturated rings. The molecule has 186 valence electrons. The van der Waals surface area contributed by atoms with Crippen molar-refractivity contribution in [3.8, 4) is 16.9 Å². The number of carbonyl (C=O) groups is 2. The lowest BCUT2D eigenvalue weighted by molar-refractivity contribution is -0.119. The second-order valence-electron chi connectivity index (χ2n) is 9.27. The zero-order chi connectivity index (χ0) is 25.6. The lowest BCUT2D eigenvalue weighted by Gasteiger charge is -2.39. The van der Waals surface area contributed by atoms with Gasteiger partial charge in [0.2, 0.25) is 5.91 Å². The smallest absolute Gasteiger partial charge is 0.252 e. The molecule has 3 aromatic rings. The summed E-state index contributed by atoms with van der Waals surface area (Å²) < 4.78 is 21.9. The van der Waals surface area contributed by atoms with Crippen molar-refractivity contribution < 1.29 is 18.7 Å². The van der Waals surface area contributed by atoms with Gasteiger partial charge in [-0.15, -0.1) is 0 Å². The Kier molecular flexibility index (Phi) is 6.30. The van der Waals surface area contributed by atoms with Crippen LogP contribution in [-0.4, -0.2) is 22.5 Å². The summed E-state index contributed by atoms with van der Waals surface area (Å²) >= 11 is 6.29. The van der Waals surface area contributed by atoms with E-state index >= 15 is 0 Å². The zero-order valence-electron chi connectivity index (χ0n) is 19.6. The van der Waals surface area contributed by atoms with Crippen molar-refractivity contribution in [3.63, 3.8) is 0 Å². The normalized spacial score (nSPS) is 18.8. The van der Waals surface area contributed by atoms with E-state index in [0.717, 1.165) is 36.5 Å². The number of pyridine rings is 1. The first kappa shape index (κ1) is 24.1. The Balaban J connectivity index is 1.51. The number of anilines is 1. The molecule has 7 nitrogen and oxygen atoms in total. The fourth-order valence-corrected chi connectivity index (χ4v) is 5.13. The average Bonchev–Trinajstić information content (AvgIpc) is 2.82. The van der Waals surface area contributed by atoms with Crippen molar-refractivity contribution in [2.75, 3.05) is 5.32 Å². The summed E-state index contributed by atoms with van der Waals surface area (Å²) in [4.78, 5) is 37.7. The van der Waals surface area contributed by atoms with Crippen molar-refractivity contribution in [2.24, 2.45) is 11.7 Å². The molecule has 0 bridgehead atoms. The maximum absolute atomic E-state index is 14.2. The van der Waals surface area contributed by atoms with Crippen molar-refractivity contribution in [2.45, 2.75) is 44.8 Å². The van der Waals surface area contributed by atoms with E-state index in [-0.39, 0.29) is 22.9 Å². The van der Waals surface area contributed by atoms with Crippen LogP contribution in [0.3, 0.4) is 0 Å². The van der Waals surface area contributed by atoms with Gasteiger partial charge >= 0.3 is 0 Å². The third-order valence-electron chi connectivity index (χ3n) is 7.04. The number of nitrogens with one attached hydrogen (secondary N) is 1. The van der Waals surface area contributed by atoms with Crippen LogP contribution in [0.25, 0.3) is 11.1 Å². The fraction of sp³-hybridized carbons (Fsp3) is 0.296. The van der Waals surface area contributed by atoms with E-state index < -0.39 is 23.7 Å². The van der Waals surface area contributed by atoms with Gasteiger partial charge in [-0.3, -0.25) is 19.0 Å². The van der Waals surface area contributed by atoms with E-state index in [9.17, 15) is 18.8 Å². The molecular formula is C27H25ClFN3O4. The van der Waals surface area contributed by atoms with Crippen LogP contribution in [0.5, 0.6) is 5.75 Å². The second-order valence-corrected chi connectivity index (χ2v) is 9.70. The summed E-state index contributed by atoms with van der Waals surface area (Å²) in [5.74, 6) is -1.34. The SMILES string of the molecule is CC[C@@H](C(=O)Nc1ccc(C(N)=O)c(F)c1)n1cc2c(cc1=O)-c1cc(Cl)ccc1CC1CCC1O2. The fourth-order valence-electron chi connectivity index (χ4n) is 4.95. The van der Waals surface area contributed by atoms with Gasteiger partial charge in [-0.05, 0) is 67.1 Å². The van der Waals surface area contributed by atoms with E-state index in [1.807, 2.05) is 18.2 Å². The van der Waals surface area contributed by atoms with E-state index in [1.54, 1.807) is 13.1 Å². The standard InChI is InChI=1S/C27H25ClFN3O4/c1-2-22(27(35)31-17-6-7-18(26(30)34)21(29)11-17)32-13-24-20(12-25(32)33)19-10-16(28)5-3-14(19)9-15-4-8-23(15)36-24/h3,5-7,10-13,15,22-23H,2,4,8-9H2,1H3,(H2,30,34)(H,31,35)/t15?,22-,23?/m0/s1. The van der Waals surface area contributed by atoms with Crippen LogP contribution in [0, 0.1) is 11.7 Å². The van der Waals surface area contributed by atoms with Gasteiger partial charge in [0.25, 0.3) is 11.5 Å². The van der Waals surface area contributed by atoms with Gasteiger partial charge in [0, 0.05) is 28.3 Å². The van der Waals surface area contributed by atoms with Crippen LogP contribution in [-0.2, 0) is 11.2 Å². The Bertz CT molecular complexity index is 1440. The van der Waals surface area contributed by atoms with Crippen molar-refractivity contribution in [1.29, 1.82) is 0 Å². The number of aromatic nitrogens is 1. The lowest BCUT2D eigenvalue weighted by Crippen LogP contribution is -2.39. The number of amides is 2. The van der Waals surface area contributed by atoms with E-state index in [0.29, 0.717) is 28.7 Å². The molecule has 36 heavy (non-hydrogen) atoms. The maximum Gasteiger partial charge on any atom is 0.252 e. The number of rotatable bonds is 5. The minimum atomic E-state index is -0.902. The van der Waals surface area contributed by atoms with Crippen LogP contribution in [0.2, 0.25) is 5.02 Å². The lowest BCUT2D eigenvalue weighted by atomic mass is 9.76. The first-order valence-electron chi connectivity index (χ1n) is 11.9. The number of ether oxygens (including phenoxy) is 1. The van der Waals surface area contributed by atoms with Gasteiger partial charge < -0.3 is 15.8 Å². The molecule has 0 radical (unpaired) electrons. The molecule has 1 saturated carbocycles. The summed E-state index contributed by atoms with van der Waals surface area (Å²) in [5, 5.41) is 3.19. The van der Waals surface area contributed by atoms with Crippen LogP contribution >= 0.6 is 11.6 Å². The number of fused-ring (bicyclic) bond motifs is 4. The predicted molar refractivity (Wildman–Crippen MR) is 135 cm³/mol. The molecule has 5 rings (SSSR count). The number of hydrogen-bond donors (Lipinski definition) is 2. The highest BCUT2D eigenvalue weighted by Gasteiger charge is 2.36. The highest BCUT2D eigenvalue weighted by Crippen LogP contribution is 2.43. The van der Waals surface area contributed by atoms with Crippen molar-refractivity contribution in [1.82, 2.24) is 4.57 Å². The molecular weight excluding hydrogens is 485 g/mol. The number of benzene rings is 2. The van der Waals surface area contributed by atoms with E-state index in [4.69, 9.17) is 22.1 Å². The topological polar surface area (TPSA) is 103 Å². The highest BCUT2D eigenvalue weighted by atomic mass is 35.5. The molecule has 1 aliphatic heterocycles. The van der Waals surface area contributed by atoms with Gasteiger partial charge in [-0.1, -0.05) is 24.6 Å². The van der Waals surface area contributed by atoms with Gasteiger partial charge in [-0.2, -0.15) is 0 Å². The van der Waals surface area contributed by atoms with Gasteiger partial charge in [0.1, 0.15) is 23.7 Å². The Morgan fingerprint density at radius 2 is 2.00 bits per heavy atom. The van der Waals surface area contributed by atoms with Crippen molar-refractivity contribution >= 4 is 29.1 Å². The summed E-state index contributed by atoms with van der Waals surface area (Å²) in [5.41, 5.74) is 7.27. The van der Waals surface area contributed by atoms with Crippen LogP contribution in [0.15, 0.2) is 53.5 Å². The minimum Gasteiger partial charge on any atom is -0.488 e. The van der Waals surface area contributed by atoms with Gasteiger partial charge in [-0.25, -0.2) is 4.39 Å². The van der Waals surface area contributed by atoms with E-state index in [1.165, 1.54) is 22.8 Å². The predicted octanol–water partition coefficient (Wildman–Crippen LogP) is 4.71. The number of primary amides is 1. The Hall–Kier alpha value is -3.65. The van der Waals surface area contributed by atoms with Gasteiger partial charge in [0.05, 0.1) is 11.8 Å². The molecule has 2 aromatic carbocycles. The zero-order valence-corrected chi connectivity index (χ0v) is 20.3. The number of hydrogen-bond acceptors (Lipinski definition) is 4. The Labute approximate surface area is 212 Å². The number of nitrogens with zero attached hydrogens (tertiary/aromatic N) is 1. The van der Waals surface area contributed by atoms with Crippen LogP contribution in [0.4, 0.5) is 10.1 Å². The summed E-state index contributed by atoms with van der Waals surface area (Å²) in [6.45, 7) is 1.78. The molecule has 0 saturated heterocycles. The molecule has 1 aromatic heterocycles. The molecule has 2 heterocycles. The molecule has 3 atom stereocenters. The minimum absolute atomic E-state index is 0.0409. The molecule has 2 amide bonds. The van der Waals surface area contributed by atoms with E-state index in [2.05, 4.69) is 5.32 Å². The third kappa shape index (κ3) is 4.37. The number of carbonyl (C=O) groups excluding carboxylic acids is 2. The summed E-state index contributed by atoms with van der Waals surface area (Å²) in [7, 11) is 0. The number of nitrogens with two attached hydrogens (primary N) is 1. The van der Waals surface area contributed by atoms with Crippen molar-refractivity contribution in [3.05, 3.63) is 81.0 Å². The quantitative estimate of drug-likeness (QED) is 0.519. The number of halogens is 2. The summed E-state index contributed by atoms with van der Waals surface area (Å²) in [6.07, 6.45) is 4.78. The Morgan fingerprint density at radius 1 is 1.19 bits per heavy atom. The first-order chi connectivity index (χ1) is 17.2. The van der Waals surface area contributed by atoms with Gasteiger partial charge in [0.15, 0.2) is 0 Å². The van der Waals surface area contributed by atoms with Crippen LogP contribution < -0.4 is 21.3 Å². The molecule has 3 N–H and O–H groups in total. The maximum atomic E-state index is 14.2. The largest absolute Gasteiger partial charge is 0.488 e. The molecule has 2 unspecified atom stereocenters. The average molecular weight is 510 g/mol. The molecule has 2 aliphatic rings. The Morgan fingerprint density at radius 3 is 2.67 bits per heavy atom. The first-order valence-corrected chi connectivity index (χ1v) is 12.2. The third-order valence-corrected chi connectivity index (χ3v) is 7.28. The second kappa shape index (κ2) is 9.43. The van der Waals surface area contributed by atoms with Crippen LogP contribution in [0.1, 0.15) is 48.1 Å².